The standard InChI is InChI=1S/C18H22ClNO/c1-3-18(15-6-8-16(19)9-7-15)20-13-12-14-4-10-17(21-2)11-5-14/h4-11,18,20H,3,12-13H2,1-2H3. The first kappa shape index (κ1) is 15.9. The zero-order valence-corrected chi connectivity index (χ0v) is 13.4. The minimum atomic E-state index is 0.375. The maximum atomic E-state index is 5.94. The monoisotopic (exact) mass is 303 g/mol. The van der Waals surface area contributed by atoms with E-state index < -0.39 is 0 Å². The summed E-state index contributed by atoms with van der Waals surface area (Å²) in [4.78, 5) is 0. The predicted molar refractivity (Wildman–Crippen MR) is 89.2 cm³/mol. The van der Waals surface area contributed by atoms with Crippen LogP contribution >= 0.6 is 11.6 Å². The number of nitrogens with one attached hydrogen (secondary N) is 1. The molecule has 0 aliphatic heterocycles. The normalized spacial score (nSPS) is 12.1. The number of methoxy groups -OCH3 is 1. The van der Waals surface area contributed by atoms with Gasteiger partial charge in [-0.2, -0.15) is 0 Å². The molecule has 0 fully saturated rings. The Labute approximate surface area is 132 Å². The molecule has 1 atom stereocenters. The van der Waals surface area contributed by atoms with E-state index in [2.05, 4.69) is 36.5 Å². The predicted octanol–water partition coefficient (Wildman–Crippen LogP) is 4.63. The highest BCUT2D eigenvalue weighted by atomic mass is 35.5. The van der Waals surface area contributed by atoms with Gasteiger partial charge >= 0.3 is 0 Å². The first-order valence-corrected chi connectivity index (χ1v) is 7.72. The van der Waals surface area contributed by atoms with Gasteiger partial charge in [0, 0.05) is 11.1 Å². The molecular weight excluding hydrogens is 282 g/mol. The van der Waals surface area contributed by atoms with Crippen LogP contribution in [0.2, 0.25) is 5.02 Å². The van der Waals surface area contributed by atoms with E-state index in [0.717, 1.165) is 30.2 Å². The molecule has 0 radical (unpaired) electrons. The lowest BCUT2D eigenvalue weighted by Gasteiger charge is -2.17. The molecule has 2 rings (SSSR count). The summed E-state index contributed by atoms with van der Waals surface area (Å²) in [5, 5.41) is 4.39. The minimum Gasteiger partial charge on any atom is -0.497 e. The van der Waals surface area contributed by atoms with Crippen LogP contribution in [-0.4, -0.2) is 13.7 Å². The summed E-state index contributed by atoms with van der Waals surface area (Å²) in [7, 11) is 1.69. The van der Waals surface area contributed by atoms with Crippen LogP contribution < -0.4 is 10.1 Å². The summed E-state index contributed by atoms with van der Waals surface area (Å²) >= 11 is 5.94. The van der Waals surface area contributed by atoms with Gasteiger partial charge in [-0.3, -0.25) is 0 Å². The van der Waals surface area contributed by atoms with Gasteiger partial charge < -0.3 is 10.1 Å². The van der Waals surface area contributed by atoms with Gasteiger partial charge in [0.05, 0.1) is 7.11 Å². The molecule has 1 unspecified atom stereocenters. The van der Waals surface area contributed by atoms with Crippen LogP contribution in [0.4, 0.5) is 0 Å². The van der Waals surface area contributed by atoms with Gasteiger partial charge in [0.2, 0.25) is 0 Å². The second kappa shape index (κ2) is 8.06. The highest BCUT2D eigenvalue weighted by molar-refractivity contribution is 6.30. The molecule has 21 heavy (non-hydrogen) atoms. The Morgan fingerprint density at radius 1 is 1.05 bits per heavy atom. The van der Waals surface area contributed by atoms with E-state index in [1.165, 1.54) is 11.1 Å². The molecule has 0 aliphatic rings. The summed E-state index contributed by atoms with van der Waals surface area (Å²) in [5.41, 5.74) is 2.60. The Morgan fingerprint density at radius 2 is 1.71 bits per heavy atom. The highest BCUT2D eigenvalue weighted by Crippen LogP contribution is 2.19. The van der Waals surface area contributed by atoms with Crippen LogP contribution in [0.3, 0.4) is 0 Å². The average molecular weight is 304 g/mol. The van der Waals surface area contributed by atoms with Gasteiger partial charge in [0.15, 0.2) is 0 Å². The van der Waals surface area contributed by atoms with Crippen molar-refractivity contribution in [3.63, 3.8) is 0 Å². The number of ether oxygens (including phenoxy) is 1. The first-order chi connectivity index (χ1) is 10.2. The van der Waals surface area contributed by atoms with E-state index in [0.29, 0.717) is 6.04 Å². The molecule has 0 bridgehead atoms. The topological polar surface area (TPSA) is 21.3 Å². The number of hydrogen-bond acceptors (Lipinski definition) is 2. The van der Waals surface area contributed by atoms with Gasteiger partial charge in [-0.05, 0) is 54.8 Å². The van der Waals surface area contributed by atoms with Gasteiger partial charge in [-0.15, -0.1) is 0 Å². The van der Waals surface area contributed by atoms with Crippen LogP contribution in [0.5, 0.6) is 5.75 Å². The second-order valence-corrected chi connectivity index (χ2v) is 5.50. The number of benzene rings is 2. The molecule has 0 aliphatic carbocycles. The van der Waals surface area contributed by atoms with Crippen molar-refractivity contribution in [1.82, 2.24) is 5.32 Å². The third kappa shape index (κ3) is 4.76. The molecule has 2 aromatic rings. The Morgan fingerprint density at radius 3 is 2.29 bits per heavy atom. The zero-order chi connectivity index (χ0) is 15.1. The Kier molecular flexibility index (Phi) is 6.09. The van der Waals surface area contributed by atoms with Crippen molar-refractivity contribution < 1.29 is 4.74 Å². The quantitative estimate of drug-likeness (QED) is 0.805. The van der Waals surface area contributed by atoms with E-state index in [9.17, 15) is 0 Å². The molecule has 2 nitrogen and oxygen atoms in total. The summed E-state index contributed by atoms with van der Waals surface area (Å²) in [6.45, 7) is 3.15. The van der Waals surface area contributed by atoms with Gasteiger partial charge in [-0.25, -0.2) is 0 Å². The largest absolute Gasteiger partial charge is 0.497 e. The van der Waals surface area contributed by atoms with Gasteiger partial charge in [-0.1, -0.05) is 42.8 Å². The van der Waals surface area contributed by atoms with E-state index in [4.69, 9.17) is 16.3 Å². The Hall–Kier alpha value is -1.51. The van der Waals surface area contributed by atoms with Crippen molar-refractivity contribution in [3.8, 4) is 5.75 Å². The van der Waals surface area contributed by atoms with Crippen LogP contribution in [-0.2, 0) is 6.42 Å². The lowest BCUT2D eigenvalue weighted by Crippen LogP contribution is -2.23. The lowest BCUT2D eigenvalue weighted by molar-refractivity contribution is 0.414. The van der Waals surface area contributed by atoms with E-state index >= 15 is 0 Å². The molecule has 2 aromatic carbocycles. The molecule has 0 saturated heterocycles. The van der Waals surface area contributed by atoms with Crippen LogP contribution in [0.15, 0.2) is 48.5 Å². The fraction of sp³-hybridized carbons (Fsp3) is 0.333. The third-order valence-corrected chi connectivity index (χ3v) is 3.90. The number of hydrogen-bond donors (Lipinski definition) is 1. The highest BCUT2D eigenvalue weighted by Gasteiger charge is 2.08. The van der Waals surface area contributed by atoms with E-state index in [1.54, 1.807) is 7.11 Å². The SMILES string of the molecule is CCC(NCCc1ccc(OC)cc1)c1ccc(Cl)cc1. The number of halogens is 1. The Balaban J connectivity index is 1.86. The lowest BCUT2D eigenvalue weighted by atomic mass is 10.0. The smallest absolute Gasteiger partial charge is 0.118 e. The maximum absolute atomic E-state index is 5.94. The molecule has 1 N–H and O–H groups in total. The summed E-state index contributed by atoms with van der Waals surface area (Å²) < 4.78 is 5.17. The van der Waals surface area contributed by atoms with Crippen LogP contribution in [0, 0.1) is 0 Å². The molecule has 112 valence electrons. The molecule has 0 aromatic heterocycles. The molecule has 0 saturated carbocycles. The minimum absolute atomic E-state index is 0.375. The van der Waals surface area contributed by atoms with E-state index in [1.807, 2.05) is 24.3 Å². The molecule has 0 spiro atoms. The van der Waals surface area contributed by atoms with Crippen molar-refractivity contribution in [2.24, 2.45) is 0 Å². The fourth-order valence-electron chi connectivity index (χ4n) is 2.38. The van der Waals surface area contributed by atoms with Crippen molar-refractivity contribution in [2.75, 3.05) is 13.7 Å². The second-order valence-electron chi connectivity index (χ2n) is 5.06. The molecule has 0 amide bonds. The molecular formula is C18H22ClNO. The Bertz CT molecular complexity index is 536. The van der Waals surface area contributed by atoms with Crippen molar-refractivity contribution >= 4 is 11.6 Å². The molecule has 0 heterocycles. The van der Waals surface area contributed by atoms with E-state index in [-0.39, 0.29) is 0 Å². The van der Waals surface area contributed by atoms with Crippen LogP contribution in [0.1, 0.15) is 30.5 Å². The zero-order valence-electron chi connectivity index (χ0n) is 12.6. The maximum Gasteiger partial charge on any atom is 0.118 e. The first-order valence-electron chi connectivity index (χ1n) is 7.34. The van der Waals surface area contributed by atoms with Gasteiger partial charge in [0.25, 0.3) is 0 Å². The summed E-state index contributed by atoms with van der Waals surface area (Å²) in [6.07, 6.45) is 2.07. The summed E-state index contributed by atoms with van der Waals surface area (Å²) in [6, 6.07) is 16.7. The van der Waals surface area contributed by atoms with Crippen molar-refractivity contribution in [3.05, 3.63) is 64.7 Å². The van der Waals surface area contributed by atoms with Crippen molar-refractivity contribution in [1.29, 1.82) is 0 Å². The fourth-order valence-corrected chi connectivity index (χ4v) is 2.50. The number of rotatable bonds is 7. The summed E-state index contributed by atoms with van der Waals surface area (Å²) in [5.74, 6) is 0.902. The third-order valence-electron chi connectivity index (χ3n) is 3.64. The van der Waals surface area contributed by atoms with Crippen LogP contribution in [0.25, 0.3) is 0 Å². The average Bonchev–Trinajstić information content (AvgIpc) is 2.53. The molecule has 3 heteroatoms. The van der Waals surface area contributed by atoms with Gasteiger partial charge in [0.1, 0.15) is 5.75 Å². The van der Waals surface area contributed by atoms with Crippen molar-refractivity contribution in [2.45, 2.75) is 25.8 Å².